The summed E-state index contributed by atoms with van der Waals surface area (Å²) in [5.74, 6) is -1.11. The molecule has 0 spiro atoms. The van der Waals surface area contributed by atoms with Crippen molar-refractivity contribution in [1.82, 2.24) is 5.32 Å². The Bertz CT molecular complexity index is 237. The number of hydrogen-bond acceptors (Lipinski definition) is 3. The molecule has 0 rings (SSSR count). The molecule has 17 heavy (non-hydrogen) atoms. The van der Waals surface area contributed by atoms with E-state index in [0.717, 1.165) is 12.8 Å². The molecule has 0 radical (unpaired) electrons. The second-order valence-electron chi connectivity index (χ2n) is 4.02. The Hall–Kier alpha value is -0.810. The highest BCUT2D eigenvalue weighted by molar-refractivity contribution is 5.85. The molecule has 1 amide bonds. The molecule has 5 nitrogen and oxygen atoms in total. The van der Waals surface area contributed by atoms with Gasteiger partial charge in [0.2, 0.25) is 5.91 Å². The van der Waals surface area contributed by atoms with E-state index in [1.54, 1.807) is 0 Å². The molecule has 0 saturated heterocycles. The third-order valence-electron chi connectivity index (χ3n) is 2.56. The van der Waals surface area contributed by atoms with Crippen LogP contribution >= 0.6 is 12.4 Å². The van der Waals surface area contributed by atoms with Gasteiger partial charge in [0.05, 0.1) is 6.04 Å². The number of carbonyl (C=O) groups excluding carboxylic acids is 1. The van der Waals surface area contributed by atoms with Gasteiger partial charge in [-0.1, -0.05) is 20.3 Å². The first-order valence-electron chi connectivity index (χ1n) is 5.75. The maximum atomic E-state index is 11.0. The summed E-state index contributed by atoms with van der Waals surface area (Å²) in [7, 11) is 0. The zero-order valence-corrected chi connectivity index (χ0v) is 11.3. The summed E-state index contributed by atoms with van der Waals surface area (Å²) in [4.78, 5) is 21.6. The van der Waals surface area contributed by atoms with E-state index in [1.165, 1.54) is 0 Å². The molecule has 0 fully saturated rings. The van der Waals surface area contributed by atoms with Gasteiger partial charge >= 0.3 is 5.97 Å². The minimum Gasteiger partial charge on any atom is -0.481 e. The van der Waals surface area contributed by atoms with E-state index in [1.807, 2.05) is 13.8 Å². The van der Waals surface area contributed by atoms with Crippen LogP contribution in [0.25, 0.3) is 0 Å². The SMILES string of the molecule is CCCC(CN[C@@H](CC)C(N)=O)CC(=O)O.Cl. The second-order valence-corrected chi connectivity index (χ2v) is 4.02. The van der Waals surface area contributed by atoms with Crippen LogP contribution in [-0.2, 0) is 9.59 Å². The summed E-state index contributed by atoms with van der Waals surface area (Å²) in [6, 6.07) is -0.354. The average molecular weight is 267 g/mol. The monoisotopic (exact) mass is 266 g/mol. The molecular formula is C11H23ClN2O3. The Labute approximate surface area is 109 Å². The maximum Gasteiger partial charge on any atom is 0.303 e. The van der Waals surface area contributed by atoms with Crippen molar-refractivity contribution in [1.29, 1.82) is 0 Å². The number of nitrogens with one attached hydrogen (secondary N) is 1. The first-order valence-corrected chi connectivity index (χ1v) is 5.75. The van der Waals surface area contributed by atoms with Crippen molar-refractivity contribution in [3.63, 3.8) is 0 Å². The van der Waals surface area contributed by atoms with Crippen LogP contribution in [0.3, 0.4) is 0 Å². The molecule has 0 aliphatic heterocycles. The fraction of sp³-hybridized carbons (Fsp3) is 0.818. The van der Waals surface area contributed by atoms with Crippen molar-refractivity contribution in [2.75, 3.05) is 6.54 Å². The third-order valence-corrected chi connectivity index (χ3v) is 2.56. The number of carboxylic acids is 1. The molecule has 2 atom stereocenters. The van der Waals surface area contributed by atoms with Gasteiger partial charge in [0, 0.05) is 6.42 Å². The molecule has 0 aliphatic carbocycles. The number of rotatable bonds is 9. The van der Waals surface area contributed by atoms with E-state index >= 15 is 0 Å². The van der Waals surface area contributed by atoms with Gasteiger partial charge in [-0.25, -0.2) is 0 Å². The number of carbonyl (C=O) groups is 2. The summed E-state index contributed by atoms with van der Waals surface area (Å²) in [5.41, 5.74) is 5.19. The number of halogens is 1. The minimum atomic E-state index is -0.799. The molecule has 0 heterocycles. The van der Waals surface area contributed by atoms with Gasteiger partial charge in [-0.15, -0.1) is 12.4 Å². The summed E-state index contributed by atoms with van der Waals surface area (Å²) in [5, 5.41) is 11.7. The number of carboxylic acid groups (broad SMARTS) is 1. The lowest BCUT2D eigenvalue weighted by atomic mass is 9.99. The van der Waals surface area contributed by atoms with Crippen molar-refractivity contribution in [3.8, 4) is 0 Å². The van der Waals surface area contributed by atoms with E-state index in [0.29, 0.717) is 13.0 Å². The lowest BCUT2D eigenvalue weighted by molar-refractivity contribution is -0.138. The van der Waals surface area contributed by atoms with Gasteiger partial charge in [0.25, 0.3) is 0 Å². The number of aliphatic carboxylic acids is 1. The van der Waals surface area contributed by atoms with Crippen molar-refractivity contribution < 1.29 is 14.7 Å². The molecule has 0 aliphatic rings. The Morgan fingerprint density at radius 1 is 1.35 bits per heavy atom. The molecule has 4 N–H and O–H groups in total. The van der Waals surface area contributed by atoms with Gasteiger partial charge in [0.15, 0.2) is 0 Å². The summed E-state index contributed by atoms with van der Waals surface area (Å²) >= 11 is 0. The zero-order chi connectivity index (χ0) is 12.6. The standard InChI is InChI=1S/C11H22N2O3.ClH/c1-3-5-8(6-10(14)15)7-13-9(4-2)11(12)16;/h8-9,13H,3-7H2,1-2H3,(H2,12,16)(H,14,15);1H/t8?,9-;/m0./s1. The largest absolute Gasteiger partial charge is 0.481 e. The number of nitrogens with two attached hydrogens (primary N) is 1. The number of amides is 1. The predicted octanol–water partition coefficient (Wildman–Crippen LogP) is 1.15. The Kier molecular flexibility index (Phi) is 11.3. The van der Waals surface area contributed by atoms with Crippen molar-refractivity contribution in [2.24, 2.45) is 11.7 Å². The van der Waals surface area contributed by atoms with Crippen molar-refractivity contribution in [3.05, 3.63) is 0 Å². The average Bonchev–Trinajstić information content (AvgIpc) is 2.17. The molecule has 0 bridgehead atoms. The Balaban J connectivity index is 0. The zero-order valence-electron chi connectivity index (χ0n) is 10.4. The van der Waals surface area contributed by atoms with E-state index in [9.17, 15) is 9.59 Å². The van der Waals surface area contributed by atoms with Crippen molar-refractivity contribution >= 4 is 24.3 Å². The van der Waals surface area contributed by atoms with Crippen LogP contribution in [0, 0.1) is 5.92 Å². The highest BCUT2D eigenvalue weighted by Gasteiger charge is 2.16. The molecule has 0 saturated carbocycles. The molecular weight excluding hydrogens is 244 g/mol. The van der Waals surface area contributed by atoms with Crippen LogP contribution in [0.4, 0.5) is 0 Å². The quantitative estimate of drug-likeness (QED) is 0.584. The maximum absolute atomic E-state index is 11.0. The molecule has 0 aromatic rings. The highest BCUT2D eigenvalue weighted by Crippen LogP contribution is 2.10. The first-order chi connectivity index (χ1) is 7.51. The number of primary amides is 1. The fourth-order valence-corrected chi connectivity index (χ4v) is 1.69. The predicted molar refractivity (Wildman–Crippen MR) is 69.2 cm³/mol. The van der Waals surface area contributed by atoms with Crippen LogP contribution < -0.4 is 11.1 Å². The lowest BCUT2D eigenvalue weighted by Crippen LogP contribution is -2.43. The van der Waals surface area contributed by atoms with E-state index in [4.69, 9.17) is 10.8 Å². The summed E-state index contributed by atoms with van der Waals surface area (Å²) < 4.78 is 0. The summed E-state index contributed by atoms with van der Waals surface area (Å²) in [6.45, 7) is 4.41. The molecule has 1 unspecified atom stereocenters. The molecule has 6 heteroatoms. The van der Waals surface area contributed by atoms with E-state index in [2.05, 4.69) is 5.32 Å². The van der Waals surface area contributed by atoms with Gasteiger partial charge < -0.3 is 16.2 Å². The molecule has 0 aromatic carbocycles. The number of hydrogen-bond donors (Lipinski definition) is 3. The van der Waals surface area contributed by atoms with E-state index < -0.39 is 5.97 Å². The Morgan fingerprint density at radius 2 is 1.94 bits per heavy atom. The third kappa shape index (κ3) is 8.94. The first kappa shape index (κ1) is 18.6. The lowest BCUT2D eigenvalue weighted by Gasteiger charge is -2.18. The summed E-state index contributed by atoms with van der Waals surface area (Å²) in [6.07, 6.45) is 2.54. The van der Waals surface area contributed by atoms with Crippen molar-refractivity contribution in [2.45, 2.75) is 45.6 Å². The highest BCUT2D eigenvalue weighted by atomic mass is 35.5. The van der Waals surface area contributed by atoms with Crippen LogP contribution in [0.5, 0.6) is 0 Å². The normalized spacial score (nSPS) is 13.5. The smallest absolute Gasteiger partial charge is 0.303 e. The van der Waals surface area contributed by atoms with Gasteiger partial charge in [0.1, 0.15) is 0 Å². The fourth-order valence-electron chi connectivity index (χ4n) is 1.69. The molecule has 102 valence electrons. The van der Waals surface area contributed by atoms with Crippen LogP contribution in [0.2, 0.25) is 0 Å². The van der Waals surface area contributed by atoms with Crippen LogP contribution in [0.15, 0.2) is 0 Å². The topological polar surface area (TPSA) is 92.4 Å². The van der Waals surface area contributed by atoms with E-state index in [-0.39, 0.29) is 36.7 Å². The van der Waals surface area contributed by atoms with Gasteiger partial charge in [-0.05, 0) is 25.3 Å². The minimum absolute atomic E-state index is 0. The van der Waals surface area contributed by atoms with Crippen LogP contribution in [0.1, 0.15) is 39.5 Å². The second kappa shape index (κ2) is 10.4. The Morgan fingerprint density at radius 3 is 2.29 bits per heavy atom. The van der Waals surface area contributed by atoms with Gasteiger partial charge in [-0.3, -0.25) is 9.59 Å². The van der Waals surface area contributed by atoms with Crippen LogP contribution in [-0.4, -0.2) is 29.6 Å². The molecule has 0 aromatic heterocycles. The van der Waals surface area contributed by atoms with Gasteiger partial charge in [-0.2, -0.15) is 0 Å².